The van der Waals surface area contributed by atoms with E-state index in [1.165, 1.54) is 25.7 Å². The van der Waals surface area contributed by atoms with Crippen LogP contribution in [0, 0.1) is 28.6 Å². The Kier molecular flexibility index (Phi) is 6.28. The van der Waals surface area contributed by atoms with E-state index in [2.05, 4.69) is 54.1 Å². The molecule has 206 valence electrons. The number of carbonyl (C=O) groups excluding carboxylic acids is 1. The summed E-state index contributed by atoms with van der Waals surface area (Å²) in [6.07, 6.45) is 13.9. The number of aromatic nitrogens is 1. The molecule has 1 aromatic rings. The second-order valence-corrected chi connectivity index (χ2v) is 13.4. The summed E-state index contributed by atoms with van der Waals surface area (Å²) in [6.45, 7) is 4.90. The van der Waals surface area contributed by atoms with Gasteiger partial charge in [-0.2, -0.15) is 18.2 Å². The lowest BCUT2D eigenvalue weighted by molar-refractivity contribution is -0.682. The van der Waals surface area contributed by atoms with Gasteiger partial charge in [0, 0.05) is 42.9 Å². The second-order valence-electron chi connectivity index (χ2n) is 12.0. The van der Waals surface area contributed by atoms with Gasteiger partial charge < -0.3 is 9.29 Å². The number of carbonyl (C=O) groups is 1. The van der Waals surface area contributed by atoms with E-state index in [9.17, 15) is 18.0 Å². The van der Waals surface area contributed by atoms with E-state index in [-0.39, 0.29) is 11.0 Å². The summed E-state index contributed by atoms with van der Waals surface area (Å²) >= 11 is 0. The summed E-state index contributed by atoms with van der Waals surface area (Å²) in [6, 6.07) is 6.98. The minimum Gasteiger partial charge on any atom is -0.741 e. The highest BCUT2D eigenvalue weighted by atomic mass is 32.2. The number of pyridine rings is 1. The molecule has 1 aliphatic heterocycles. The maximum Gasteiger partial charge on any atom is 0.485 e. The third kappa shape index (κ3) is 3.85. The molecule has 0 amide bonds. The normalized spacial score (nSPS) is 42.5. The number of fused-ring (bicyclic) bond motifs is 4. The molecule has 1 aromatic heterocycles. The molecular formula is C26H35F3N2O5S. The molecule has 6 rings (SSSR count). The summed E-state index contributed by atoms with van der Waals surface area (Å²) in [5, 5.41) is 2.70. The maximum atomic E-state index is 12.8. The number of methoxy groups -OCH3 is 1. The van der Waals surface area contributed by atoms with Crippen molar-refractivity contribution in [3.05, 3.63) is 30.6 Å². The molecule has 5 fully saturated rings. The molecule has 2 unspecified atom stereocenters. The van der Waals surface area contributed by atoms with E-state index in [1.807, 2.05) is 7.11 Å². The van der Waals surface area contributed by atoms with Gasteiger partial charge in [0.15, 0.2) is 22.5 Å². The number of ketones is 1. The largest absolute Gasteiger partial charge is 0.741 e. The van der Waals surface area contributed by atoms with E-state index >= 15 is 0 Å². The molecule has 5 aliphatic rings. The number of nitrogens with zero attached hydrogens (tertiary/aromatic N) is 2. The van der Waals surface area contributed by atoms with E-state index < -0.39 is 15.6 Å². The summed E-state index contributed by atoms with van der Waals surface area (Å²) in [5.41, 5.74) is -5.16. The Morgan fingerprint density at radius 1 is 1.08 bits per heavy atom. The van der Waals surface area contributed by atoms with Gasteiger partial charge in [-0.3, -0.25) is 4.79 Å². The molecule has 2 heterocycles. The van der Waals surface area contributed by atoms with Gasteiger partial charge >= 0.3 is 5.51 Å². The highest BCUT2D eigenvalue weighted by Crippen LogP contribution is 2.72. The van der Waals surface area contributed by atoms with Crippen LogP contribution in [0.4, 0.5) is 13.2 Å². The zero-order valence-electron chi connectivity index (χ0n) is 21.4. The highest BCUT2D eigenvalue weighted by molar-refractivity contribution is 7.86. The van der Waals surface area contributed by atoms with Gasteiger partial charge in [0.1, 0.15) is 17.4 Å². The third-order valence-electron chi connectivity index (χ3n) is 10.7. The Hall–Kier alpha value is -1.72. The van der Waals surface area contributed by atoms with Crippen LogP contribution in [0.15, 0.2) is 30.6 Å². The lowest BCUT2D eigenvalue weighted by atomic mass is 9.45. The van der Waals surface area contributed by atoms with Crippen molar-refractivity contribution in [2.45, 2.75) is 88.4 Å². The molecule has 0 radical (unpaired) electrons. The Bertz CT molecular complexity index is 1160. The topological polar surface area (TPSA) is 90.4 Å². The van der Waals surface area contributed by atoms with Crippen molar-refractivity contribution < 1.29 is 40.3 Å². The van der Waals surface area contributed by atoms with Crippen LogP contribution < -0.4 is 9.69 Å². The van der Waals surface area contributed by atoms with Gasteiger partial charge in [-0.25, -0.2) is 8.42 Å². The monoisotopic (exact) mass is 544 g/mol. The first-order valence-corrected chi connectivity index (χ1v) is 14.5. The first kappa shape index (κ1) is 26.9. The van der Waals surface area contributed by atoms with Gasteiger partial charge in [-0.1, -0.05) is 24.6 Å². The molecule has 0 N–H and O–H groups in total. The number of hydrogen-bond acceptors (Lipinski definition) is 6. The van der Waals surface area contributed by atoms with Crippen molar-refractivity contribution in [1.82, 2.24) is 0 Å². The summed E-state index contributed by atoms with van der Waals surface area (Å²) in [4.78, 5) is 12.8. The molecule has 1 spiro atoms. The average Bonchev–Trinajstić information content (AvgIpc) is 3.37. The second kappa shape index (κ2) is 8.64. The van der Waals surface area contributed by atoms with Crippen LogP contribution in [0.25, 0.3) is 0 Å². The number of Topliss-reactive ketones (excluding diaryl/α,β-unsaturated/α-hetero) is 1. The van der Waals surface area contributed by atoms with E-state index in [0.29, 0.717) is 35.2 Å². The van der Waals surface area contributed by atoms with Crippen molar-refractivity contribution in [2.75, 3.05) is 12.1 Å². The smallest absolute Gasteiger partial charge is 0.485 e. The van der Waals surface area contributed by atoms with Crippen LogP contribution in [-0.4, -0.2) is 49.1 Å². The molecule has 0 aromatic carbocycles. The van der Waals surface area contributed by atoms with Gasteiger partial charge in [-0.15, -0.1) is 0 Å². The molecule has 11 heteroatoms. The van der Waals surface area contributed by atoms with E-state index in [1.54, 1.807) is 0 Å². The molecule has 4 saturated carbocycles. The minimum atomic E-state index is -6.09. The van der Waals surface area contributed by atoms with Crippen LogP contribution in [0.2, 0.25) is 0 Å². The molecule has 7 nitrogen and oxygen atoms in total. The van der Waals surface area contributed by atoms with E-state index in [4.69, 9.17) is 17.7 Å². The first-order chi connectivity index (χ1) is 17.2. The fourth-order valence-corrected chi connectivity index (χ4v) is 8.95. The van der Waals surface area contributed by atoms with Gasteiger partial charge in [0.25, 0.3) is 0 Å². The Balaban J connectivity index is 0.000000307. The summed E-state index contributed by atoms with van der Waals surface area (Å²) in [5.74, 6) is 2.61. The van der Waals surface area contributed by atoms with Crippen LogP contribution in [0.5, 0.6) is 0 Å². The van der Waals surface area contributed by atoms with Crippen LogP contribution >= 0.6 is 0 Å². The van der Waals surface area contributed by atoms with E-state index in [0.717, 1.165) is 31.6 Å². The lowest BCUT2D eigenvalue weighted by Gasteiger charge is -2.58. The first-order valence-electron chi connectivity index (χ1n) is 13.0. The standard InChI is InChI=1S/C25H35N2O2.CHF3O3S/c1-23-11-10-20-18(19(23)7-8-22(23)28)15-21-25(27(21)26-13-5-4-6-14-26)16-17(29-3)9-12-24(20,25)2;2-1(3,4)8(5,6)7/h4-6,13-14,17-21H,7-12,15-16H2,1-3H3;(H,5,6,7)/q+1;/p-1/t17-,18-,19-,20-,21?,23-,24+,25?,27?;/m0./s1. The van der Waals surface area contributed by atoms with Gasteiger partial charge in [-0.05, 0) is 56.3 Å². The molecule has 0 bridgehead atoms. The molecular weight excluding hydrogens is 509 g/mol. The highest BCUT2D eigenvalue weighted by Gasteiger charge is 2.83. The van der Waals surface area contributed by atoms with Crippen molar-refractivity contribution in [2.24, 2.45) is 28.6 Å². The molecule has 4 aliphatic carbocycles. The predicted octanol–water partition coefficient (Wildman–Crippen LogP) is 3.71. The molecule has 1 saturated heterocycles. The summed E-state index contributed by atoms with van der Waals surface area (Å²) < 4.78 is 67.2. The van der Waals surface area contributed by atoms with Crippen molar-refractivity contribution >= 4 is 15.9 Å². The number of ether oxygens (including phenoxy) is 1. The van der Waals surface area contributed by atoms with Gasteiger partial charge in [0.2, 0.25) is 0 Å². The minimum absolute atomic E-state index is 0.0408. The SMILES string of the molecule is CO[C@H]1CC[C@]2(C)[C@H]3CC[C@]4(C)C(=O)CC[C@H]4[C@@H]3CC3N([n+]4ccccc4)C32C1.O=S(=O)([O-])C(F)(F)F. The third-order valence-corrected chi connectivity index (χ3v) is 11.3. The number of rotatable bonds is 2. The zero-order chi connectivity index (χ0) is 27.0. The quantitative estimate of drug-likeness (QED) is 0.244. The average molecular weight is 545 g/mol. The fourth-order valence-electron chi connectivity index (χ4n) is 8.95. The predicted molar refractivity (Wildman–Crippen MR) is 127 cm³/mol. The number of hydrogen-bond donors (Lipinski definition) is 0. The van der Waals surface area contributed by atoms with Crippen molar-refractivity contribution in [3.63, 3.8) is 0 Å². The van der Waals surface area contributed by atoms with Crippen LogP contribution in [0.3, 0.4) is 0 Å². The molecule has 8 atom stereocenters. The number of halogens is 3. The van der Waals surface area contributed by atoms with Crippen LogP contribution in [0.1, 0.15) is 65.2 Å². The lowest BCUT2D eigenvalue weighted by Crippen LogP contribution is -2.61. The maximum absolute atomic E-state index is 12.8. The summed E-state index contributed by atoms with van der Waals surface area (Å²) in [7, 11) is -4.20. The van der Waals surface area contributed by atoms with Gasteiger partial charge in [0.05, 0.1) is 6.10 Å². The van der Waals surface area contributed by atoms with Crippen molar-refractivity contribution in [1.29, 1.82) is 0 Å². The fraction of sp³-hybridized carbons (Fsp3) is 0.769. The number of alkyl halides is 3. The zero-order valence-corrected chi connectivity index (χ0v) is 22.2. The molecule has 37 heavy (non-hydrogen) atoms. The van der Waals surface area contributed by atoms with Crippen molar-refractivity contribution in [3.8, 4) is 0 Å². The Morgan fingerprint density at radius 2 is 1.73 bits per heavy atom. The van der Waals surface area contributed by atoms with Crippen LogP contribution in [-0.2, 0) is 19.6 Å². The Labute approximate surface area is 216 Å². The Morgan fingerprint density at radius 3 is 2.32 bits per heavy atom.